The number of amides is 1. The molecule has 4 rings (SSSR count). The predicted molar refractivity (Wildman–Crippen MR) is 119 cm³/mol. The summed E-state index contributed by atoms with van der Waals surface area (Å²) < 4.78 is 0.971. The molecule has 0 spiro atoms. The number of halogens is 1. The fourth-order valence-electron chi connectivity index (χ4n) is 4.13. The van der Waals surface area contributed by atoms with E-state index in [4.69, 9.17) is 0 Å². The van der Waals surface area contributed by atoms with E-state index in [0.29, 0.717) is 17.8 Å². The molecule has 7 heteroatoms. The summed E-state index contributed by atoms with van der Waals surface area (Å²) in [4.78, 5) is 31.7. The van der Waals surface area contributed by atoms with Crippen molar-refractivity contribution >= 4 is 44.8 Å². The molecule has 0 radical (unpaired) electrons. The number of aromatic nitrogens is 1. The number of allylic oxidation sites excluding steroid dienone is 3. The Balaban J connectivity index is 1.80. The summed E-state index contributed by atoms with van der Waals surface area (Å²) in [7, 11) is 0. The fourth-order valence-corrected chi connectivity index (χ4v) is 5.67. The van der Waals surface area contributed by atoms with Crippen LogP contribution < -0.4 is 10.6 Å². The highest BCUT2D eigenvalue weighted by Gasteiger charge is 2.43. The fraction of sp³-hybridized carbons (Fsp3) is 0.318. The van der Waals surface area contributed by atoms with E-state index < -0.39 is 0 Å². The molecular weight excluding hydrogens is 450 g/mol. The molecule has 2 aromatic rings. The average molecular weight is 472 g/mol. The van der Waals surface area contributed by atoms with E-state index in [1.807, 2.05) is 25.1 Å². The molecule has 1 aliphatic heterocycles. The highest BCUT2D eigenvalue weighted by molar-refractivity contribution is 9.11. The summed E-state index contributed by atoms with van der Waals surface area (Å²) in [6.45, 7) is 6.11. The summed E-state index contributed by atoms with van der Waals surface area (Å²) in [6, 6.07) is 9.32. The molecule has 2 aliphatic rings. The smallest absolute Gasteiger partial charge is 0.255 e. The highest BCUT2D eigenvalue weighted by Crippen LogP contribution is 2.48. The molecule has 1 amide bonds. The van der Waals surface area contributed by atoms with Crippen LogP contribution in [0.3, 0.4) is 0 Å². The summed E-state index contributed by atoms with van der Waals surface area (Å²) in [5.41, 5.74) is 2.90. The number of ketones is 1. The number of hydrogen-bond donors (Lipinski definition) is 2. The maximum atomic E-state index is 13.3. The van der Waals surface area contributed by atoms with Crippen molar-refractivity contribution < 1.29 is 9.59 Å². The van der Waals surface area contributed by atoms with Gasteiger partial charge in [-0.05, 0) is 59.0 Å². The largest absolute Gasteiger partial charge is 0.362 e. The highest BCUT2D eigenvalue weighted by atomic mass is 79.9. The molecule has 150 valence electrons. The van der Waals surface area contributed by atoms with Gasteiger partial charge >= 0.3 is 0 Å². The van der Waals surface area contributed by atoms with Crippen LogP contribution in [0.2, 0.25) is 0 Å². The van der Waals surface area contributed by atoms with Crippen molar-refractivity contribution in [2.45, 2.75) is 39.5 Å². The lowest BCUT2D eigenvalue weighted by atomic mass is 9.69. The topological polar surface area (TPSA) is 71.1 Å². The Morgan fingerprint density at radius 2 is 2.07 bits per heavy atom. The van der Waals surface area contributed by atoms with Crippen molar-refractivity contribution in [1.29, 1.82) is 0 Å². The molecule has 0 fully saturated rings. The Hall–Kier alpha value is -2.25. The van der Waals surface area contributed by atoms with Gasteiger partial charge in [0.15, 0.2) is 5.78 Å². The van der Waals surface area contributed by atoms with Gasteiger partial charge in [0.2, 0.25) is 0 Å². The number of anilines is 1. The number of nitrogens with zero attached hydrogens (tertiary/aromatic N) is 1. The standard InChI is InChI=1S/C22H22BrN3O2S/c1-12-18(21(28)26-17-6-4-5-9-24-17)20(15-7-8-16(23)29-15)19-13(25-12)10-22(2,3)11-14(19)27/h4-9,20,25H,10-11H2,1-3H3,(H,24,26,28)/t20-/m0/s1. The average Bonchev–Trinajstić information content (AvgIpc) is 3.06. The molecule has 2 aromatic heterocycles. The zero-order valence-electron chi connectivity index (χ0n) is 16.5. The van der Waals surface area contributed by atoms with Crippen LogP contribution in [0.4, 0.5) is 5.82 Å². The molecule has 0 unspecified atom stereocenters. The van der Waals surface area contributed by atoms with E-state index in [0.717, 1.165) is 32.1 Å². The van der Waals surface area contributed by atoms with Crippen LogP contribution in [0.15, 0.2) is 62.9 Å². The third-order valence-electron chi connectivity index (χ3n) is 5.27. The van der Waals surface area contributed by atoms with Crippen LogP contribution in [-0.2, 0) is 9.59 Å². The zero-order valence-corrected chi connectivity index (χ0v) is 18.9. The molecule has 5 nitrogen and oxygen atoms in total. The Bertz CT molecular complexity index is 1050. The lowest BCUT2D eigenvalue weighted by Gasteiger charge is -2.39. The number of Topliss-reactive ketones (excluding diaryl/α,β-unsaturated/α-hetero) is 1. The minimum Gasteiger partial charge on any atom is -0.362 e. The van der Waals surface area contributed by atoms with Crippen LogP contribution in [0, 0.1) is 5.41 Å². The third kappa shape index (κ3) is 3.94. The molecule has 3 heterocycles. The number of nitrogens with one attached hydrogen (secondary N) is 2. The molecule has 1 aliphatic carbocycles. The van der Waals surface area contributed by atoms with Gasteiger partial charge in [-0.3, -0.25) is 9.59 Å². The van der Waals surface area contributed by atoms with Gasteiger partial charge in [0, 0.05) is 40.0 Å². The van der Waals surface area contributed by atoms with Gasteiger partial charge in [-0.2, -0.15) is 0 Å². The molecular formula is C22H22BrN3O2S. The van der Waals surface area contributed by atoms with E-state index in [9.17, 15) is 9.59 Å². The Morgan fingerprint density at radius 1 is 1.28 bits per heavy atom. The van der Waals surface area contributed by atoms with Crippen molar-refractivity contribution in [2.24, 2.45) is 5.41 Å². The van der Waals surface area contributed by atoms with E-state index in [2.05, 4.69) is 45.4 Å². The van der Waals surface area contributed by atoms with Crippen LogP contribution in [0.5, 0.6) is 0 Å². The van der Waals surface area contributed by atoms with Gasteiger partial charge in [-0.25, -0.2) is 4.98 Å². The maximum Gasteiger partial charge on any atom is 0.255 e. The van der Waals surface area contributed by atoms with Gasteiger partial charge in [0.05, 0.1) is 9.70 Å². The molecule has 0 saturated heterocycles. The van der Waals surface area contributed by atoms with E-state index in [-0.39, 0.29) is 23.0 Å². The van der Waals surface area contributed by atoms with Gasteiger partial charge in [-0.1, -0.05) is 19.9 Å². The zero-order chi connectivity index (χ0) is 20.8. The minimum absolute atomic E-state index is 0.0997. The number of pyridine rings is 1. The van der Waals surface area contributed by atoms with E-state index in [1.54, 1.807) is 29.7 Å². The van der Waals surface area contributed by atoms with Crippen LogP contribution >= 0.6 is 27.3 Å². The van der Waals surface area contributed by atoms with Crippen molar-refractivity contribution in [2.75, 3.05) is 5.32 Å². The molecule has 29 heavy (non-hydrogen) atoms. The van der Waals surface area contributed by atoms with Crippen molar-refractivity contribution in [1.82, 2.24) is 10.3 Å². The number of carbonyl (C=O) groups is 2. The van der Waals surface area contributed by atoms with Crippen molar-refractivity contribution in [3.8, 4) is 0 Å². The summed E-state index contributed by atoms with van der Waals surface area (Å²) in [6.07, 6.45) is 2.89. The molecule has 1 atom stereocenters. The number of carbonyl (C=O) groups excluding carboxylic acids is 2. The van der Waals surface area contributed by atoms with E-state index in [1.165, 1.54) is 0 Å². The maximum absolute atomic E-state index is 13.3. The van der Waals surface area contributed by atoms with Crippen molar-refractivity contribution in [3.05, 3.63) is 67.7 Å². The number of dihydropyridines is 1. The first-order valence-corrected chi connectivity index (χ1v) is 11.1. The quantitative estimate of drug-likeness (QED) is 0.649. The second-order valence-electron chi connectivity index (χ2n) is 8.24. The first-order chi connectivity index (χ1) is 13.7. The second-order valence-corrected chi connectivity index (χ2v) is 10.7. The number of thiophene rings is 1. The van der Waals surface area contributed by atoms with Crippen molar-refractivity contribution in [3.63, 3.8) is 0 Å². The normalized spacial score (nSPS) is 21.0. The summed E-state index contributed by atoms with van der Waals surface area (Å²) >= 11 is 5.08. The Labute approximate surface area is 182 Å². The molecule has 2 N–H and O–H groups in total. The van der Waals surface area contributed by atoms with E-state index >= 15 is 0 Å². The van der Waals surface area contributed by atoms with Gasteiger partial charge in [-0.15, -0.1) is 11.3 Å². The summed E-state index contributed by atoms with van der Waals surface area (Å²) in [5.74, 6) is -0.0315. The Kier molecular flexibility index (Phi) is 5.21. The molecule has 0 aromatic carbocycles. The van der Waals surface area contributed by atoms with Crippen LogP contribution in [-0.4, -0.2) is 16.7 Å². The lowest BCUT2D eigenvalue weighted by Crippen LogP contribution is -2.39. The third-order valence-corrected chi connectivity index (χ3v) is 6.96. The lowest BCUT2D eigenvalue weighted by molar-refractivity contribution is -0.118. The molecule has 0 bridgehead atoms. The van der Waals surface area contributed by atoms with Gasteiger partial charge in [0.1, 0.15) is 5.82 Å². The van der Waals surface area contributed by atoms with Gasteiger partial charge < -0.3 is 10.6 Å². The Morgan fingerprint density at radius 3 is 2.72 bits per heavy atom. The van der Waals surface area contributed by atoms with Crippen LogP contribution in [0.1, 0.15) is 44.4 Å². The number of rotatable bonds is 3. The first kappa shape index (κ1) is 20.0. The van der Waals surface area contributed by atoms with Crippen LogP contribution in [0.25, 0.3) is 0 Å². The predicted octanol–water partition coefficient (Wildman–Crippen LogP) is 5.15. The monoisotopic (exact) mass is 471 g/mol. The molecule has 0 saturated carbocycles. The SMILES string of the molecule is CC1=C(C(=O)Nc2ccccn2)[C@H](c2ccc(Br)s2)C2=C(CC(C)(C)CC2=O)N1. The first-order valence-electron chi connectivity index (χ1n) is 9.47. The number of hydrogen-bond acceptors (Lipinski definition) is 5. The summed E-state index contributed by atoms with van der Waals surface area (Å²) in [5, 5.41) is 6.26. The minimum atomic E-state index is -0.380. The second kappa shape index (κ2) is 7.54. The van der Waals surface area contributed by atoms with Gasteiger partial charge in [0.25, 0.3) is 5.91 Å².